The molecule has 0 saturated heterocycles. The zero-order chi connectivity index (χ0) is 21.7. The van der Waals surface area contributed by atoms with Crippen molar-refractivity contribution in [3.8, 4) is 0 Å². The molecule has 3 aromatic rings. The summed E-state index contributed by atoms with van der Waals surface area (Å²) in [5.74, 6) is 1.43. The highest BCUT2D eigenvalue weighted by Crippen LogP contribution is 2.30. The Balaban J connectivity index is 1.80. The summed E-state index contributed by atoms with van der Waals surface area (Å²) in [6.07, 6.45) is 0. The lowest BCUT2D eigenvalue weighted by molar-refractivity contribution is 0.0922. The number of hydrogen-bond acceptors (Lipinski definition) is 4. The Morgan fingerprint density at radius 2 is 1.87 bits per heavy atom. The molecule has 1 atom stereocenters. The van der Waals surface area contributed by atoms with Gasteiger partial charge in [-0.15, -0.1) is 10.2 Å². The molecule has 158 valence electrons. The third-order valence-corrected chi connectivity index (χ3v) is 6.30. The molecule has 0 spiro atoms. The minimum atomic E-state index is -0.251. The van der Waals surface area contributed by atoms with Gasteiger partial charge in [0.25, 0.3) is 5.91 Å². The van der Waals surface area contributed by atoms with Gasteiger partial charge in [-0.1, -0.05) is 73.1 Å². The Kier molecular flexibility index (Phi) is 7.81. The molecule has 3 rings (SSSR count). The monoisotopic (exact) mass is 462 g/mol. The SMILES string of the molecule is CCn1c(SCc2ccc(Cl)cc2Cl)nnc1[C@@H](NC(=O)c1ccccc1)C(C)C. The predicted molar refractivity (Wildman–Crippen MR) is 123 cm³/mol. The number of nitrogens with one attached hydrogen (secondary N) is 1. The molecule has 0 aliphatic carbocycles. The van der Waals surface area contributed by atoms with Gasteiger partial charge in [-0.25, -0.2) is 0 Å². The van der Waals surface area contributed by atoms with Gasteiger partial charge in [0.15, 0.2) is 11.0 Å². The summed E-state index contributed by atoms with van der Waals surface area (Å²) < 4.78 is 2.05. The number of halogens is 2. The van der Waals surface area contributed by atoms with E-state index in [1.165, 1.54) is 0 Å². The lowest BCUT2D eigenvalue weighted by Gasteiger charge is -2.22. The van der Waals surface area contributed by atoms with Crippen molar-refractivity contribution in [2.45, 2.75) is 44.3 Å². The van der Waals surface area contributed by atoms with Crippen LogP contribution in [0.5, 0.6) is 0 Å². The molecule has 8 heteroatoms. The average Bonchev–Trinajstić information content (AvgIpc) is 3.14. The van der Waals surface area contributed by atoms with Gasteiger partial charge < -0.3 is 9.88 Å². The number of amides is 1. The van der Waals surface area contributed by atoms with Gasteiger partial charge >= 0.3 is 0 Å². The quantitative estimate of drug-likeness (QED) is 0.415. The van der Waals surface area contributed by atoms with Crippen LogP contribution in [-0.2, 0) is 12.3 Å². The number of thioether (sulfide) groups is 1. The maximum Gasteiger partial charge on any atom is 0.251 e. The van der Waals surface area contributed by atoms with Crippen LogP contribution in [0.15, 0.2) is 53.7 Å². The standard InChI is InChI=1S/C22H24Cl2N4OS/c1-4-28-20(19(14(2)3)25-21(29)15-8-6-5-7-9-15)26-27-22(28)30-13-16-10-11-17(23)12-18(16)24/h5-12,14,19H,4,13H2,1-3H3,(H,25,29)/t19-/m0/s1. The molecule has 1 aromatic heterocycles. The number of hydrogen-bond donors (Lipinski definition) is 1. The Bertz CT molecular complexity index is 1010. The van der Waals surface area contributed by atoms with Gasteiger partial charge in [-0.05, 0) is 42.7 Å². The molecular formula is C22H24Cl2N4OS. The molecule has 0 unspecified atom stereocenters. The summed E-state index contributed by atoms with van der Waals surface area (Å²) >= 11 is 13.8. The van der Waals surface area contributed by atoms with Gasteiger partial charge in [0.2, 0.25) is 0 Å². The molecule has 2 aromatic carbocycles. The fourth-order valence-electron chi connectivity index (χ4n) is 3.06. The highest BCUT2D eigenvalue weighted by atomic mass is 35.5. The summed E-state index contributed by atoms with van der Waals surface area (Å²) in [7, 11) is 0. The molecule has 0 saturated carbocycles. The van der Waals surface area contributed by atoms with E-state index in [0.717, 1.165) is 16.5 Å². The van der Waals surface area contributed by atoms with Crippen LogP contribution in [0.3, 0.4) is 0 Å². The molecule has 0 aliphatic heterocycles. The van der Waals surface area contributed by atoms with E-state index in [1.54, 1.807) is 30.0 Å². The van der Waals surface area contributed by atoms with Crippen molar-refractivity contribution in [2.75, 3.05) is 0 Å². The van der Waals surface area contributed by atoms with Gasteiger partial charge in [-0.2, -0.15) is 0 Å². The summed E-state index contributed by atoms with van der Waals surface area (Å²) in [5.41, 5.74) is 1.61. The van der Waals surface area contributed by atoms with Gasteiger partial charge in [-0.3, -0.25) is 4.79 Å². The van der Waals surface area contributed by atoms with E-state index in [9.17, 15) is 4.79 Å². The first kappa shape index (κ1) is 22.7. The molecule has 5 nitrogen and oxygen atoms in total. The summed E-state index contributed by atoms with van der Waals surface area (Å²) in [6, 6.07) is 14.4. The third kappa shape index (κ3) is 5.36. The van der Waals surface area contributed by atoms with Gasteiger partial charge in [0, 0.05) is 27.9 Å². The molecule has 0 bridgehead atoms. The summed E-state index contributed by atoms with van der Waals surface area (Å²) in [6.45, 7) is 6.86. The number of carbonyl (C=O) groups is 1. The smallest absolute Gasteiger partial charge is 0.251 e. The fourth-order valence-corrected chi connectivity index (χ4v) is 4.63. The van der Waals surface area contributed by atoms with Crippen LogP contribution in [0.2, 0.25) is 10.0 Å². The number of rotatable bonds is 8. The van der Waals surface area contributed by atoms with Crippen molar-refractivity contribution in [3.63, 3.8) is 0 Å². The minimum Gasteiger partial charge on any atom is -0.342 e. The van der Waals surface area contributed by atoms with Gasteiger partial charge in [0.05, 0.1) is 6.04 Å². The van der Waals surface area contributed by atoms with Gasteiger partial charge in [0.1, 0.15) is 0 Å². The Hall–Kier alpha value is -2.02. The van der Waals surface area contributed by atoms with Crippen LogP contribution in [0.4, 0.5) is 0 Å². The lowest BCUT2D eigenvalue weighted by Crippen LogP contribution is -2.33. The average molecular weight is 463 g/mol. The Labute approximate surface area is 191 Å². The van der Waals surface area contributed by atoms with E-state index in [0.29, 0.717) is 27.9 Å². The first-order valence-electron chi connectivity index (χ1n) is 9.76. The zero-order valence-electron chi connectivity index (χ0n) is 17.1. The minimum absolute atomic E-state index is 0.123. The van der Waals surface area contributed by atoms with E-state index in [-0.39, 0.29) is 17.9 Å². The highest BCUT2D eigenvalue weighted by Gasteiger charge is 2.26. The van der Waals surface area contributed by atoms with Crippen molar-refractivity contribution in [2.24, 2.45) is 5.92 Å². The second kappa shape index (κ2) is 10.3. The Morgan fingerprint density at radius 3 is 2.50 bits per heavy atom. The maximum absolute atomic E-state index is 12.7. The molecule has 1 N–H and O–H groups in total. The second-order valence-electron chi connectivity index (χ2n) is 7.17. The van der Waals surface area contributed by atoms with E-state index >= 15 is 0 Å². The topological polar surface area (TPSA) is 59.8 Å². The molecule has 30 heavy (non-hydrogen) atoms. The molecule has 0 fully saturated rings. The first-order valence-corrected chi connectivity index (χ1v) is 11.5. The van der Waals surface area contributed by atoms with E-state index in [4.69, 9.17) is 23.2 Å². The van der Waals surface area contributed by atoms with Crippen LogP contribution < -0.4 is 5.32 Å². The molecular weight excluding hydrogens is 439 g/mol. The third-order valence-electron chi connectivity index (χ3n) is 4.70. The molecule has 0 radical (unpaired) electrons. The summed E-state index contributed by atoms with van der Waals surface area (Å²) in [5, 5.41) is 14.0. The van der Waals surface area contributed by atoms with Crippen LogP contribution in [-0.4, -0.2) is 20.7 Å². The first-order chi connectivity index (χ1) is 14.4. The number of nitrogens with zero attached hydrogens (tertiary/aromatic N) is 3. The zero-order valence-corrected chi connectivity index (χ0v) is 19.4. The largest absolute Gasteiger partial charge is 0.342 e. The van der Waals surface area contributed by atoms with Crippen LogP contribution in [0, 0.1) is 5.92 Å². The number of aromatic nitrogens is 3. The highest BCUT2D eigenvalue weighted by molar-refractivity contribution is 7.98. The normalized spacial score (nSPS) is 12.2. The van der Waals surface area contributed by atoms with Crippen molar-refractivity contribution in [1.82, 2.24) is 20.1 Å². The molecule has 1 amide bonds. The van der Waals surface area contributed by atoms with Crippen LogP contribution >= 0.6 is 35.0 Å². The molecule has 1 heterocycles. The van der Waals surface area contributed by atoms with Crippen molar-refractivity contribution in [1.29, 1.82) is 0 Å². The summed E-state index contributed by atoms with van der Waals surface area (Å²) in [4.78, 5) is 12.7. The van der Waals surface area contributed by atoms with Crippen molar-refractivity contribution in [3.05, 3.63) is 75.5 Å². The maximum atomic E-state index is 12.7. The van der Waals surface area contributed by atoms with E-state index in [2.05, 4.69) is 29.4 Å². The van der Waals surface area contributed by atoms with E-state index < -0.39 is 0 Å². The van der Waals surface area contributed by atoms with Crippen molar-refractivity contribution >= 4 is 40.9 Å². The fraction of sp³-hybridized carbons (Fsp3) is 0.318. The molecule has 0 aliphatic rings. The van der Waals surface area contributed by atoms with Crippen molar-refractivity contribution < 1.29 is 4.79 Å². The number of carbonyl (C=O) groups excluding carboxylic acids is 1. The van der Waals surface area contributed by atoms with Crippen LogP contribution in [0.1, 0.15) is 48.6 Å². The second-order valence-corrected chi connectivity index (χ2v) is 8.96. The lowest BCUT2D eigenvalue weighted by atomic mass is 10.0. The number of benzene rings is 2. The predicted octanol–water partition coefficient (Wildman–Crippen LogP) is 6.02. The Morgan fingerprint density at radius 1 is 1.13 bits per heavy atom. The van der Waals surface area contributed by atoms with E-state index in [1.807, 2.05) is 41.8 Å². The van der Waals surface area contributed by atoms with Crippen LogP contribution in [0.25, 0.3) is 0 Å².